The summed E-state index contributed by atoms with van der Waals surface area (Å²) in [5.41, 5.74) is 3.93. The van der Waals surface area contributed by atoms with Crippen molar-refractivity contribution in [3.63, 3.8) is 0 Å². The Labute approximate surface area is 170 Å². The van der Waals surface area contributed by atoms with Crippen LogP contribution < -0.4 is 5.43 Å². The number of hydrogen-bond donors (Lipinski definition) is 3. The number of aromatic hydroxyl groups is 2. The Morgan fingerprint density at radius 3 is 2.20 bits per heavy atom. The molecule has 10 nitrogen and oxygen atoms in total. The van der Waals surface area contributed by atoms with Gasteiger partial charge in [0.25, 0.3) is 5.69 Å². The molecule has 0 heterocycles. The molecule has 0 amide bonds. The first-order valence-electron chi connectivity index (χ1n) is 8.67. The molecule has 0 saturated heterocycles. The number of phenolic OH excluding ortho intramolecular Hbond substituents is 2. The van der Waals surface area contributed by atoms with E-state index in [1.54, 1.807) is 0 Å². The predicted molar refractivity (Wildman–Crippen MR) is 110 cm³/mol. The van der Waals surface area contributed by atoms with Crippen molar-refractivity contribution in [1.29, 1.82) is 0 Å². The van der Waals surface area contributed by atoms with Crippen LogP contribution in [-0.2, 0) is 6.42 Å². The zero-order valence-electron chi connectivity index (χ0n) is 15.4. The van der Waals surface area contributed by atoms with Gasteiger partial charge in [-0.05, 0) is 23.8 Å². The summed E-state index contributed by atoms with van der Waals surface area (Å²) in [6, 6.07) is 17.0. The van der Waals surface area contributed by atoms with Crippen molar-refractivity contribution in [3.8, 4) is 11.5 Å². The molecule has 0 aliphatic heterocycles. The second-order valence-corrected chi connectivity index (χ2v) is 6.26. The Bertz CT molecular complexity index is 1110. The van der Waals surface area contributed by atoms with Crippen LogP contribution in [0.5, 0.6) is 11.5 Å². The van der Waals surface area contributed by atoms with Crippen LogP contribution in [0.3, 0.4) is 0 Å². The molecule has 0 atom stereocenters. The van der Waals surface area contributed by atoms with Gasteiger partial charge in [-0.15, -0.1) is 0 Å². The van der Waals surface area contributed by atoms with Gasteiger partial charge in [-0.1, -0.05) is 30.3 Å². The van der Waals surface area contributed by atoms with Gasteiger partial charge >= 0.3 is 5.69 Å². The van der Waals surface area contributed by atoms with Crippen molar-refractivity contribution in [2.45, 2.75) is 6.42 Å². The summed E-state index contributed by atoms with van der Waals surface area (Å²) in [5.74, 6) is -1.47. The molecule has 30 heavy (non-hydrogen) atoms. The fraction of sp³-hybridized carbons (Fsp3) is 0.0500. The summed E-state index contributed by atoms with van der Waals surface area (Å²) < 4.78 is 0. The van der Waals surface area contributed by atoms with Crippen LogP contribution in [0.25, 0.3) is 0 Å². The van der Waals surface area contributed by atoms with E-state index >= 15 is 0 Å². The molecule has 3 aromatic rings. The average Bonchev–Trinajstić information content (AvgIpc) is 2.73. The van der Waals surface area contributed by atoms with E-state index in [4.69, 9.17) is 0 Å². The van der Waals surface area contributed by atoms with Gasteiger partial charge in [-0.25, -0.2) is 0 Å². The number of hydrogen-bond acceptors (Lipinski definition) is 8. The summed E-state index contributed by atoms with van der Waals surface area (Å²) in [4.78, 5) is 20.6. The molecule has 10 heteroatoms. The molecular weight excluding hydrogens is 392 g/mol. The second kappa shape index (κ2) is 8.69. The number of nitro groups is 2. The van der Waals surface area contributed by atoms with E-state index in [1.807, 2.05) is 30.3 Å². The number of benzene rings is 3. The van der Waals surface area contributed by atoms with E-state index in [1.165, 1.54) is 30.3 Å². The monoisotopic (exact) mass is 408 g/mol. The van der Waals surface area contributed by atoms with Crippen LogP contribution in [0.2, 0.25) is 0 Å². The molecule has 3 aromatic carbocycles. The highest BCUT2D eigenvalue weighted by molar-refractivity contribution is 6.03. The predicted octanol–water partition coefficient (Wildman–Crippen LogP) is 3.97. The minimum Gasteiger partial charge on any atom is -0.504 e. The SMILES string of the molecule is O=[N+]([O-])c1ccc(N/N=C(/Cc2ccccc2)c2cc(O)c(O)c([N+](=O)[O-])c2)cc1. The maximum atomic E-state index is 11.2. The van der Waals surface area contributed by atoms with Gasteiger partial charge in [0.05, 0.1) is 21.2 Å². The van der Waals surface area contributed by atoms with E-state index in [0.717, 1.165) is 11.6 Å². The fourth-order valence-corrected chi connectivity index (χ4v) is 2.70. The van der Waals surface area contributed by atoms with E-state index in [-0.39, 0.29) is 17.7 Å². The van der Waals surface area contributed by atoms with Gasteiger partial charge in [-0.2, -0.15) is 5.10 Å². The van der Waals surface area contributed by atoms with Gasteiger partial charge < -0.3 is 10.2 Å². The number of nitrogens with zero attached hydrogens (tertiary/aromatic N) is 3. The summed E-state index contributed by atoms with van der Waals surface area (Å²) in [5, 5.41) is 45.9. The fourth-order valence-electron chi connectivity index (χ4n) is 2.70. The summed E-state index contributed by atoms with van der Waals surface area (Å²) >= 11 is 0. The molecule has 0 aromatic heterocycles. The van der Waals surface area contributed by atoms with Gasteiger partial charge in [0, 0.05) is 30.2 Å². The quantitative estimate of drug-likeness (QED) is 0.231. The lowest BCUT2D eigenvalue weighted by Crippen LogP contribution is -2.09. The maximum Gasteiger partial charge on any atom is 0.315 e. The molecule has 0 unspecified atom stereocenters. The van der Waals surface area contributed by atoms with E-state index < -0.39 is 27.0 Å². The van der Waals surface area contributed by atoms with Gasteiger partial charge in [0.2, 0.25) is 5.75 Å². The smallest absolute Gasteiger partial charge is 0.315 e. The summed E-state index contributed by atoms with van der Waals surface area (Å²) in [6.45, 7) is 0. The number of rotatable bonds is 7. The second-order valence-electron chi connectivity index (χ2n) is 6.26. The molecule has 0 aliphatic rings. The number of nitro benzene ring substituents is 2. The number of phenols is 2. The normalized spacial score (nSPS) is 11.1. The number of non-ortho nitro benzene ring substituents is 1. The Hall–Kier alpha value is -4.47. The van der Waals surface area contributed by atoms with Crippen molar-refractivity contribution >= 4 is 22.8 Å². The Morgan fingerprint density at radius 1 is 0.933 bits per heavy atom. The molecule has 0 spiro atoms. The summed E-state index contributed by atoms with van der Waals surface area (Å²) in [6.07, 6.45) is 0.266. The lowest BCUT2D eigenvalue weighted by Gasteiger charge is -2.10. The van der Waals surface area contributed by atoms with Crippen molar-refractivity contribution < 1.29 is 20.1 Å². The molecule has 0 radical (unpaired) electrons. The number of hydrazone groups is 1. The van der Waals surface area contributed by atoms with Gasteiger partial charge in [0.15, 0.2) is 5.75 Å². The van der Waals surface area contributed by atoms with Crippen LogP contribution in [0.1, 0.15) is 11.1 Å². The molecule has 0 bridgehead atoms. The highest BCUT2D eigenvalue weighted by atomic mass is 16.6. The Morgan fingerprint density at radius 2 is 1.60 bits per heavy atom. The third-order valence-electron chi connectivity index (χ3n) is 4.21. The van der Waals surface area contributed by atoms with E-state index in [0.29, 0.717) is 11.4 Å². The van der Waals surface area contributed by atoms with Gasteiger partial charge in [-0.3, -0.25) is 25.7 Å². The molecule has 0 fully saturated rings. The van der Waals surface area contributed by atoms with Crippen molar-refractivity contribution in [2.75, 3.05) is 5.43 Å². The molecule has 152 valence electrons. The molecular formula is C20H16N4O6. The van der Waals surface area contributed by atoms with Crippen LogP contribution in [0, 0.1) is 20.2 Å². The average molecular weight is 408 g/mol. The lowest BCUT2D eigenvalue weighted by atomic mass is 10.0. The van der Waals surface area contributed by atoms with E-state index in [2.05, 4.69) is 10.5 Å². The maximum absolute atomic E-state index is 11.2. The molecule has 3 N–H and O–H groups in total. The third kappa shape index (κ3) is 4.68. The Balaban J connectivity index is 1.99. The molecule has 3 rings (SSSR count). The minimum absolute atomic E-state index is 0.0758. The highest BCUT2D eigenvalue weighted by Gasteiger charge is 2.21. The topological polar surface area (TPSA) is 151 Å². The van der Waals surface area contributed by atoms with Crippen LogP contribution in [-0.4, -0.2) is 25.8 Å². The van der Waals surface area contributed by atoms with Crippen molar-refractivity contribution in [2.24, 2.45) is 5.10 Å². The first kappa shape index (κ1) is 20.3. The van der Waals surface area contributed by atoms with Crippen LogP contribution in [0.4, 0.5) is 17.1 Å². The van der Waals surface area contributed by atoms with Crippen molar-refractivity contribution in [1.82, 2.24) is 0 Å². The zero-order valence-corrected chi connectivity index (χ0v) is 15.4. The highest BCUT2D eigenvalue weighted by Crippen LogP contribution is 2.36. The molecule has 0 aliphatic carbocycles. The first-order valence-corrected chi connectivity index (χ1v) is 8.67. The summed E-state index contributed by atoms with van der Waals surface area (Å²) in [7, 11) is 0. The van der Waals surface area contributed by atoms with Crippen molar-refractivity contribution in [3.05, 3.63) is 98.1 Å². The van der Waals surface area contributed by atoms with Gasteiger partial charge in [0.1, 0.15) is 0 Å². The lowest BCUT2D eigenvalue weighted by molar-refractivity contribution is -0.386. The molecule has 0 saturated carbocycles. The van der Waals surface area contributed by atoms with E-state index in [9.17, 15) is 30.4 Å². The number of nitrogens with one attached hydrogen (secondary N) is 1. The van der Waals surface area contributed by atoms with Crippen LogP contribution >= 0.6 is 0 Å². The third-order valence-corrected chi connectivity index (χ3v) is 4.21. The largest absolute Gasteiger partial charge is 0.504 e. The minimum atomic E-state index is -0.828. The number of anilines is 1. The Kier molecular flexibility index (Phi) is 5.87. The standard InChI is InChI=1S/C20H16N4O6/c25-19-12-14(11-18(20(19)26)24(29)30)17(10-13-4-2-1-3-5-13)22-21-15-6-8-16(9-7-15)23(27)28/h1-9,11-12,21,25-26H,10H2/b22-17-. The first-order chi connectivity index (χ1) is 14.3. The zero-order chi connectivity index (χ0) is 21.7. The van der Waals surface area contributed by atoms with Crippen LogP contribution in [0.15, 0.2) is 71.8 Å².